The average Bonchev–Trinajstić information content (AvgIpc) is 2.76. The molecule has 2 heterocycles. The SMILES string of the molecule is CCc1ccccc1Nc1ncnc(N2CCN(c3ccccc3F)CC2)c1N. The third kappa shape index (κ3) is 3.94. The maximum absolute atomic E-state index is 14.1. The van der Waals surface area contributed by atoms with Crippen LogP contribution in [0.3, 0.4) is 0 Å². The lowest BCUT2D eigenvalue weighted by Gasteiger charge is -2.37. The first-order valence-corrected chi connectivity index (χ1v) is 9.87. The van der Waals surface area contributed by atoms with E-state index in [1.165, 1.54) is 18.0 Å². The fourth-order valence-corrected chi connectivity index (χ4v) is 3.68. The largest absolute Gasteiger partial charge is 0.393 e. The van der Waals surface area contributed by atoms with Crippen molar-refractivity contribution in [3.63, 3.8) is 0 Å². The molecule has 1 fully saturated rings. The summed E-state index contributed by atoms with van der Waals surface area (Å²) in [5.74, 6) is 1.13. The molecule has 6 nitrogen and oxygen atoms in total. The first-order chi connectivity index (χ1) is 14.2. The highest BCUT2D eigenvalue weighted by molar-refractivity contribution is 5.79. The molecule has 0 spiro atoms. The van der Waals surface area contributed by atoms with Gasteiger partial charge in [-0.1, -0.05) is 37.3 Å². The Hall–Kier alpha value is -3.35. The molecule has 29 heavy (non-hydrogen) atoms. The molecule has 0 amide bonds. The van der Waals surface area contributed by atoms with Gasteiger partial charge in [-0.3, -0.25) is 0 Å². The molecule has 1 aliphatic heterocycles. The molecule has 1 aliphatic rings. The predicted octanol–water partition coefficient (Wildman–Crippen LogP) is 3.83. The van der Waals surface area contributed by atoms with Crippen LogP contribution in [0.1, 0.15) is 12.5 Å². The highest BCUT2D eigenvalue weighted by Crippen LogP contribution is 2.31. The van der Waals surface area contributed by atoms with Crippen LogP contribution >= 0.6 is 0 Å². The van der Waals surface area contributed by atoms with Crippen molar-refractivity contribution in [1.82, 2.24) is 9.97 Å². The number of rotatable bonds is 5. The summed E-state index contributed by atoms with van der Waals surface area (Å²) < 4.78 is 14.1. The molecule has 3 N–H and O–H groups in total. The number of aryl methyl sites for hydroxylation is 1. The standard InChI is InChI=1S/C22H25FN6/c1-2-16-7-3-5-9-18(16)27-21-20(24)22(26-15-25-21)29-13-11-28(12-14-29)19-10-6-4-8-17(19)23/h3-10,15H,2,11-14,24H2,1H3,(H,25,26,27). The summed E-state index contributed by atoms with van der Waals surface area (Å²) in [5.41, 5.74) is 9.78. The number of nitrogens with one attached hydrogen (secondary N) is 1. The normalized spacial score (nSPS) is 14.1. The van der Waals surface area contributed by atoms with Crippen LogP contribution < -0.4 is 20.9 Å². The Labute approximate surface area is 170 Å². The van der Waals surface area contributed by atoms with Crippen LogP contribution in [0, 0.1) is 5.82 Å². The van der Waals surface area contributed by atoms with Crippen molar-refractivity contribution in [2.75, 3.05) is 47.0 Å². The molecule has 1 saturated heterocycles. The summed E-state index contributed by atoms with van der Waals surface area (Å²) in [6, 6.07) is 15.0. The van der Waals surface area contributed by atoms with Crippen LogP contribution in [-0.4, -0.2) is 36.1 Å². The van der Waals surface area contributed by atoms with Gasteiger partial charge in [0.2, 0.25) is 0 Å². The van der Waals surface area contributed by atoms with E-state index in [2.05, 4.69) is 38.1 Å². The predicted molar refractivity (Wildman–Crippen MR) is 116 cm³/mol. The van der Waals surface area contributed by atoms with Crippen molar-refractivity contribution in [3.8, 4) is 0 Å². The number of nitrogens with two attached hydrogens (primary N) is 1. The fraction of sp³-hybridized carbons (Fsp3) is 0.273. The van der Waals surface area contributed by atoms with E-state index in [-0.39, 0.29) is 5.82 Å². The van der Waals surface area contributed by atoms with E-state index >= 15 is 0 Å². The maximum Gasteiger partial charge on any atom is 0.159 e. The van der Waals surface area contributed by atoms with Crippen molar-refractivity contribution in [2.45, 2.75) is 13.3 Å². The second-order valence-corrected chi connectivity index (χ2v) is 7.02. The smallest absolute Gasteiger partial charge is 0.159 e. The molecule has 0 atom stereocenters. The van der Waals surface area contributed by atoms with Gasteiger partial charge in [0.1, 0.15) is 17.8 Å². The first-order valence-electron chi connectivity index (χ1n) is 9.87. The number of para-hydroxylation sites is 2. The molecule has 2 aromatic carbocycles. The minimum absolute atomic E-state index is 0.191. The second-order valence-electron chi connectivity index (χ2n) is 7.02. The molecule has 0 bridgehead atoms. The zero-order chi connectivity index (χ0) is 20.2. The number of anilines is 5. The van der Waals surface area contributed by atoms with Crippen LogP contribution in [-0.2, 0) is 6.42 Å². The van der Waals surface area contributed by atoms with Crippen molar-refractivity contribution in [2.24, 2.45) is 0 Å². The third-order valence-electron chi connectivity index (χ3n) is 5.29. The Morgan fingerprint density at radius 2 is 1.66 bits per heavy atom. The molecule has 150 valence electrons. The molecule has 0 aliphatic carbocycles. The van der Waals surface area contributed by atoms with Gasteiger partial charge in [0.25, 0.3) is 0 Å². The fourth-order valence-electron chi connectivity index (χ4n) is 3.68. The molecule has 4 rings (SSSR count). The number of piperazine rings is 1. The van der Waals surface area contributed by atoms with Gasteiger partial charge < -0.3 is 20.9 Å². The van der Waals surface area contributed by atoms with Gasteiger partial charge in [-0.2, -0.15) is 0 Å². The number of aromatic nitrogens is 2. The van der Waals surface area contributed by atoms with E-state index in [1.807, 2.05) is 30.3 Å². The first kappa shape index (κ1) is 19.0. The lowest BCUT2D eigenvalue weighted by Crippen LogP contribution is -2.47. The minimum atomic E-state index is -0.191. The molecule has 0 radical (unpaired) electrons. The molecule has 3 aromatic rings. The number of hydrogen-bond acceptors (Lipinski definition) is 6. The topological polar surface area (TPSA) is 70.3 Å². The molecule has 1 aromatic heterocycles. The van der Waals surface area contributed by atoms with E-state index in [0.717, 1.165) is 12.1 Å². The third-order valence-corrected chi connectivity index (χ3v) is 5.29. The molecule has 7 heteroatoms. The van der Waals surface area contributed by atoms with Gasteiger partial charge in [-0.05, 0) is 30.2 Å². The lowest BCUT2D eigenvalue weighted by atomic mass is 10.1. The second kappa shape index (κ2) is 8.34. The van der Waals surface area contributed by atoms with Gasteiger partial charge >= 0.3 is 0 Å². The maximum atomic E-state index is 14.1. The van der Waals surface area contributed by atoms with E-state index in [1.54, 1.807) is 6.07 Å². The Morgan fingerprint density at radius 1 is 0.966 bits per heavy atom. The van der Waals surface area contributed by atoms with Gasteiger partial charge in [-0.15, -0.1) is 0 Å². The Kier molecular flexibility index (Phi) is 5.46. The van der Waals surface area contributed by atoms with Crippen molar-refractivity contribution < 1.29 is 4.39 Å². The van der Waals surface area contributed by atoms with Crippen LogP contribution in [0.25, 0.3) is 0 Å². The van der Waals surface area contributed by atoms with Crippen LogP contribution in [0.15, 0.2) is 54.9 Å². The zero-order valence-electron chi connectivity index (χ0n) is 16.5. The van der Waals surface area contributed by atoms with Crippen LogP contribution in [0.2, 0.25) is 0 Å². The molecular weight excluding hydrogens is 367 g/mol. The number of halogens is 1. The Balaban J connectivity index is 1.50. The van der Waals surface area contributed by atoms with Crippen LogP contribution in [0.4, 0.5) is 33.1 Å². The highest BCUT2D eigenvalue weighted by atomic mass is 19.1. The number of nitrogens with zero attached hydrogens (tertiary/aromatic N) is 4. The molecule has 0 saturated carbocycles. The quantitative estimate of drug-likeness (QED) is 0.688. The summed E-state index contributed by atoms with van der Waals surface area (Å²) in [5, 5.41) is 3.35. The zero-order valence-corrected chi connectivity index (χ0v) is 16.5. The van der Waals surface area contributed by atoms with E-state index in [9.17, 15) is 4.39 Å². The van der Waals surface area contributed by atoms with Crippen molar-refractivity contribution in [3.05, 3.63) is 66.2 Å². The number of benzene rings is 2. The summed E-state index contributed by atoms with van der Waals surface area (Å²) in [7, 11) is 0. The summed E-state index contributed by atoms with van der Waals surface area (Å²) in [4.78, 5) is 12.9. The molecular formula is C22H25FN6. The monoisotopic (exact) mass is 392 g/mol. The van der Waals surface area contributed by atoms with Gasteiger partial charge in [0.05, 0.1) is 5.69 Å². The number of hydrogen-bond donors (Lipinski definition) is 2. The molecule has 0 unspecified atom stereocenters. The van der Waals surface area contributed by atoms with E-state index < -0.39 is 0 Å². The Morgan fingerprint density at radius 3 is 2.41 bits per heavy atom. The Bertz CT molecular complexity index is 985. The van der Waals surface area contributed by atoms with Crippen molar-refractivity contribution >= 4 is 28.7 Å². The summed E-state index contributed by atoms with van der Waals surface area (Å²) >= 11 is 0. The number of nitrogen functional groups attached to an aromatic ring is 1. The van der Waals surface area contributed by atoms with Crippen LogP contribution in [0.5, 0.6) is 0 Å². The average molecular weight is 392 g/mol. The highest BCUT2D eigenvalue weighted by Gasteiger charge is 2.23. The minimum Gasteiger partial charge on any atom is -0.393 e. The van der Waals surface area contributed by atoms with Gasteiger partial charge in [0, 0.05) is 31.9 Å². The van der Waals surface area contributed by atoms with E-state index in [4.69, 9.17) is 5.73 Å². The summed E-state index contributed by atoms with van der Waals surface area (Å²) in [6.45, 7) is 4.93. The van der Waals surface area contributed by atoms with Gasteiger partial charge in [-0.25, -0.2) is 14.4 Å². The summed E-state index contributed by atoms with van der Waals surface area (Å²) in [6.07, 6.45) is 2.45. The van der Waals surface area contributed by atoms with E-state index in [0.29, 0.717) is 49.2 Å². The lowest BCUT2D eigenvalue weighted by molar-refractivity contribution is 0.596. The van der Waals surface area contributed by atoms with Gasteiger partial charge in [0.15, 0.2) is 11.6 Å². The van der Waals surface area contributed by atoms with Crippen molar-refractivity contribution in [1.29, 1.82) is 0 Å².